The molecule has 1 aromatic rings. The highest BCUT2D eigenvalue weighted by atomic mass is 16.5. The van der Waals surface area contributed by atoms with Crippen LogP contribution in [0.2, 0.25) is 0 Å². The topological polar surface area (TPSA) is 74.2 Å². The van der Waals surface area contributed by atoms with Crippen LogP contribution in [0.5, 0.6) is 0 Å². The summed E-state index contributed by atoms with van der Waals surface area (Å²) in [5, 5.41) is 3.98. The third-order valence-corrected chi connectivity index (χ3v) is 2.92. The van der Waals surface area contributed by atoms with Gasteiger partial charge in [-0.2, -0.15) is 4.98 Å². The molecule has 2 atom stereocenters. The summed E-state index contributed by atoms with van der Waals surface area (Å²) in [4.78, 5) is 4.36. The van der Waals surface area contributed by atoms with Gasteiger partial charge in [0.2, 0.25) is 11.7 Å². The van der Waals surface area contributed by atoms with E-state index in [0.717, 1.165) is 6.42 Å². The molecule has 0 aliphatic carbocycles. The van der Waals surface area contributed by atoms with Gasteiger partial charge in [0.25, 0.3) is 0 Å². The van der Waals surface area contributed by atoms with Crippen molar-refractivity contribution in [3.05, 3.63) is 11.7 Å². The lowest BCUT2D eigenvalue weighted by molar-refractivity contribution is 0.00718. The lowest BCUT2D eigenvalue weighted by Crippen LogP contribution is -2.32. The smallest absolute Gasteiger partial charge is 0.246 e. The first-order chi connectivity index (χ1) is 7.72. The summed E-state index contributed by atoms with van der Waals surface area (Å²) in [5.74, 6) is 1.02. The van der Waals surface area contributed by atoms with Gasteiger partial charge in [-0.3, -0.25) is 0 Å². The van der Waals surface area contributed by atoms with E-state index in [1.54, 1.807) is 7.11 Å². The van der Waals surface area contributed by atoms with E-state index in [1.165, 1.54) is 0 Å². The normalized spacial score (nSPS) is 17.8. The number of nitrogens with two attached hydrogens (primary N) is 1. The number of ether oxygens (including phenoxy) is 1. The number of hydrogen-bond acceptors (Lipinski definition) is 5. The lowest BCUT2D eigenvalue weighted by Gasteiger charge is -2.26. The molecular weight excluding hydrogens is 218 g/mol. The largest absolute Gasteiger partial charge is 0.373 e. The predicted octanol–water partition coefficient (Wildman–Crippen LogP) is 2.39. The van der Waals surface area contributed by atoms with Gasteiger partial charge in [-0.15, -0.1) is 0 Å². The molecule has 0 saturated heterocycles. The van der Waals surface area contributed by atoms with Crippen molar-refractivity contribution in [2.45, 2.75) is 52.7 Å². The van der Waals surface area contributed by atoms with Gasteiger partial charge >= 0.3 is 0 Å². The molecule has 98 valence electrons. The molecule has 0 aliphatic rings. The summed E-state index contributed by atoms with van der Waals surface area (Å²) >= 11 is 0. The molecule has 0 radical (unpaired) electrons. The minimum Gasteiger partial charge on any atom is -0.373 e. The zero-order valence-electron chi connectivity index (χ0n) is 11.6. The maximum absolute atomic E-state index is 6.06. The summed E-state index contributed by atoms with van der Waals surface area (Å²) < 4.78 is 10.7. The SMILES string of the molecule is CCC(C)(N)c1nc(C(OC)C(C)(C)C)no1. The molecule has 2 N–H and O–H groups in total. The van der Waals surface area contributed by atoms with E-state index >= 15 is 0 Å². The van der Waals surface area contributed by atoms with Crippen molar-refractivity contribution in [3.8, 4) is 0 Å². The van der Waals surface area contributed by atoms with E-state index in [-0.39, 0.29) is 11.5 Å². The Balaban J connectivity index is 3.02. The quantitative estimate of drug-likeness (QED) is 0.876. The molecule has 0 saturated carbocycles. The molecule has 0 bridgehead atoms. The van der Waals surface area contributed by atoms with E-state index in [2.05, 4.69) is 30.9 Å². The van der Waals surface area contributed by atoms with E-state index in [0.29, 0.717) is 11.7 Å². The molecule has 5 heteroatoms. The van der Waals surface area contributed by atoms with Gasteiger partial charge in [-0.25, -0.2) is 0 Å². The number of hydrogen-bond donors (Lipinski definition) is 1. The maximum atomic E-state index is 6.06. The first-order valence-electron chi connectivity index (χ1n) is 5.88. The van der Waals surface area contributed by atoms with Crippen LogP contribution in [-0.2, 0) is 10.3 Å². The molecule has 5 nitrogen and oxygen atoms in total. The standard InChI is InChI=1S/C12H23N3O2/c1-7-12(5,13)10-14-9(15-17-10)8(16-6)11(2,3)4/h8H,7,13H2,1-6H3. The summed E-state index contributed by atoms with van der Waals surface area (Å²) in [6.45, 7) is 10.1. The van der Waals surface area contributed by atoms with Crippen LogP contribution in [0.3, 0.4) is 0 Å². The second-order valence-electron chi connectivity index (χ2n) is 5.71. The third kappa shape index (κ3) is 3.04. The number of nitrogens with zero attached hydrogens (tertiary/aromatic N) is 2. The zero-order valence-corrected chi connectivity index (χ0v) is 11.6. The molecular formula is C12H23N3O2. The summed E-state index contributed by atoms with van der Waals surface area (Å²) in [5.41, 5.74) is 5.39. The van der Waals surface area contributed by atoms with Crippen LogP contribution in [0.1, 0.15) is 58.9 Å². The zero-order chi connectivity index (χ0) is 13.3. The van der Waals surface area contributed by atoms with Crippen LogP contribution < -0.4 is 5.73 Å². The van der Waals surface area contributed by atoms with Crippen LogP contribution in [0.15, 0.2) is 4.52 Å². The molecule has 2 unspecified atom stereocenters. The van der Waals surface area contributed by atoms with Gasteiger partial charge in [0, 0.05) is 7.11 Å². The molecule has 1 aromatic heterocycles. The Hall–Kier alpha value is -0.940. The van der Waals surface area contributed by atoms with Gasteiger partial charge < -0.3 is 15.0 Å². The Morgan fingerprint density at radius 2 is 1.94 bits per heavy atom. The molecule has 0 amide bonds. The van der Waals surface area contributed by atoms with Gasteiger partial charge in [0.1, 0.15) is 6.10 Å². The van der Waals surface area contributed by atoms with E-state index in [9.17, 15) is 0 Å². The molecule has 1 rings (SSSR count). The van der Waals surface area contributed by atoms with Gasteiger partial charge in [0.05, 0.1) is 5.54 Å². The fraction of sp³-hybridized carbons (Fsp3) is 0.833. The summed E-state index contributed by atoms with van der Waals surface area (Å²) in [7, 11) is 1.65. The Morgan fingerprint density at radius 3 is 2.35 bits per heavy atom. The first-order valence-corrected chi connectivity index (χ1v) is 5.88. The summed E-state index contributed by atoms with van der Waals surface area (Å²) in [6.07, 6.45) is 0.537. The van der Waals surface area contributed by atoms with Crippen LogP contribution in [-0.4, -0.2) is 17.3 Å². The van der Waals surface area contributed by atoms with Crippen molar-refractivity contribution < 1.29 is 9.26 Å². The predicted molar refractivity (Wildman–Crippen MR) is 65.3 cm³/mol. The van der Waals surface area contributed by atoms with Crippen molar-refractivity contribution in [1.82, 2.24) is 10.1 Å². The molecule has 17 heavy (non-hydrogen) atoms. The van der Waals surface area contributed by atoms with E-state index in [4.69, 9.17) is 15.0 Å². The molecule has 1 heterocycles. The molecule has 0 spiro atoms. The van der Waals surface area contributed by atoms with Gasteiger partial charge in [-0.1, -0.05) is 32.9 Å². The second-order valence-corrected chi connectivity index (χ2v) is 5.71. The third-order valence-electron chi connectivity index (χ3n) is 2.92. The fourth-order valence-electron chi connectivity index (χ4n) is 1.57. The second kappa shape index (κ2) is 4.74. The molecule has 0 aliphatic heterocycles. The van der Waals surface area contributed by atoms with Crippen molar-refractivity contribution in [1.29, 1.82) is 0 Å². The van der Waals surface area contributed by atoms with Gasteiger partial charge in [0.15, 0.2) is 0 Å². The minimum atomic E-state index is -0.582. The number of aromatic nitrogens is 2. The van der Waals surface area contributed by atoms with Crippen LogP contribution >= 0.6 is 0 Å². The van der Waals surface area contributed by atoms with Crippen LogP contribution in [0, 0.1) is 5.41 Å². The molecule has 0 aromatic carbocycles. The highest BCUT2D eigenvalue weighted by molar-refractivity contribution is 5.03. The van der Waals surface area contributed by atoms with E-state index < -0.39 is 5.54 Å². The van der Waals surface area contributed by atoms with Crippen molar-refractivity contribution in [2.24, 2.45) is 11.1 Å². The average molecular weight is 241 g/mol. The van der Waals surface area contributed by atoms with Crippen molar-refractivity contribution in [3.63, 3.8) is 0 Å². The number of methoxy groups -OCH3 is 1. The number of rotatable bonds is 4. The Bertz CT molecular complexity index is 366. The fourth-order valence-corrected chi connectivity index (χ4v) is 1.57. The van der Waals surface area contributed by atoms with E-state index in [1.807, 2.05) is 13.8 Å². The van der Waals surface area contributed by atoms with Crippen LogP contribution in [0.4, 0.5) is 0 Å². The monoisotopic (exact) mass is 241 g/mol. The average Bonchev–Trinajstić information content (AvgIpc) is 2.66. The van der Waals surface area contributed by atoms with Crippen LogP contribution in [0.25, 0.3) is 0 Å². The minimum absolute atomic E-state index is 0.0902. The highest BCUT2D eigenvalue weighted by Gasteiger charge is 2.33. The Morgan fingerprint density at radius 1 is 1.35 bits per heavy atom. The molecule has 0 fully saturated rings. The lowest BCUT2D eigenvalue weighted by atomic mass is 9.88. The maximum Gasteiger partial charge on any atom is 0.246 e. The van der Waals surface area contributed by atoms with Crippen molar-refractivity contribution in [2.75, 3.05) is 7.11 Å². The highest BCUT2D eigenvalue weighted by Crippen LogP contribution is 2.34. The van der Waals surface area contributed by atoms with Crippen molar-refractivity contribution >= 4 is 0 Å². The summed E-state index contributed by atoms with van der Waals surface area (Å²) in [6, 6.07) is 0. The first kappa shape index (κ1) is 14.1. The Kier molecular flexibility index (Phi) is 3.94. The van der Waals surface area contributed by atoms with Gasteiger partial charge in [-0.05, 0) is 18.8 Å². The Labute approximate surface area is 103 Å².